The summed E-state index contributed by atoms with van der Waals surface area (Å²) in [4.78, 5) is 16.1. The summed E-state index contributed by atoms with van der Waals surface area (Å²) in [5.41, 5.74) is 1.05. The van der Waals surface area contributed by atoms with Gasteiger partial charge in [0, 0.05) is 0 Å². The number of nitrogens with one attached hydrogen (secondary N) is 1. The molecule has 0 fully saturated rings. The zero-order valence-electron chi connectivity index (χ0n) is 9.88. The van der Waals surface area contributed by atoms with Crippen LogP contribution in [0.1, 0.15) is 16.1 Å². The number of carbonyl (C=O) groups excluding carboxylic acids is 1. The summed E-state index contributed by atoms with van der Waals surface area (Å²) in [6.45, 7) is 1.74. The largest absolute Gasteiger partial charge is 0.320 e. The molecule has 0 atom stereocenters. The Labute approximate surface area is 122 Å². The number of hydrogen-bond donors (Lipinski definition) is 1. The first-order chi connectivity index (χ1) is 8.99. The van der Waals surface area contributed by atoms with Gasteiger partial charge in [-0.25, -0.2) is 9.37 Å². The third-order valence-electron chi connectivity index (χ3n) is 2.50. The van der Waals surface area contributed by atoms with E-state index in [1.807, 2.05) is 0 Å². The summed E-state index contributed by atoms with van der Waals surface area (Å²) in [6.07, 6.45) is 0. The molecule has 0 aliphatic rings. The second-order valence-electron chi connectivity index (χ2n) is 3.82. The van der Waals surface area contributed by atoms with Crippen molar-refractivity contribution >= 4 is 39.1 Å². The van der Waals surface area contributed by atoms with Crippen molar-refractivity contribution in [2.45, 2.75) is 6.92 Å². The smallest absolute Gasteiger partial charge is 0.258 e. The molecule has 2 aromatic rings. The van der Waals surface area contributed by atoms with Crippen molar-refractivity contribution in [2.24, 2.45) is 0 Å². The third-order valence-corrected chi connectivity index (χ3v) is 3.23. The maximum atomic E-state index is 13.7. The molecule has 1 aromatic carbocycles. The van der Waals surface area contributed by atoms with Crippen LogP contribution in [0.5, 0.6) is 0 Å². The molecule has 0 saturated heterocycles. The molecule has 0 saturated carbocycles. The van der Waals surface area contributed by atoms with Crippen molar-refractivity contribution in [3.63, 3.8) is 0 Å². The van der Waals surface area contributed by atoms with Crippen LogP contribution in [0.3, 0.4) is 0 Å². The number of halogens is 3. The van der Waals surface area contributed by atoms with Crippen LogP contribution in [-0.2, 0) is 0 Å². The number of rotatable bonds is 2. The molecule has 0 spiro atoms. The van der Waals surface area contributed by atoms with Gasteiger partial charge in [0.25, 0.3) is 5.91 Å². The molecule has 0 aliphatic carbocycles. The Kier molecular flexibility index (Phi) is 4.17. The number of anilines is 1. The number of pyridine rings is 1. The quantitative estimate of drug-likeness (QED) is 0.831. The fourth-order valence-corrected chi connectivity index (χ4v) is 2.10. The Morgan fingerprint density at radius 3 is 2.79 bits per heavy atom. The SMILES string of the molecule is Cc1nc(Br)ccc1NC(=O)c1cccc(Cl)c1F. The van der Waals surface area contributed by atoms with E-state index in [1.54, 1.807) is 19.1 Å². The number of aryl methyl sites for hydroxylation is 1. The number of amides is 1. The summed E-state index contributed by atoms with van der Waals surface area (Å²) >= 11 is 8.87. The van der Waals surface area contributed by atoms with Crippen molar-refractivity contribution in [1.29, 1.82) is 0 Å². The second-order valence-corrected chi connectivity index (χ2v) is 5.04. The summed E-state index contributed by atoms with van der Waals surface area (Å²) in [6, 6.07) is 7.66. The van der Waals surface area contributed by atoms with Crippen molar-refractivity contribution in [3.8, 4) is 0 Å². The van der Waals surface area contributed by atoms with Gasteiger partial charge in [-0.2, -0.15) is 0 Å². The van der Waals surface area contributed by atoms with Crippen LogP contribution < -0.4 is 5.32 Å². The monoisotopic (exact) mass is 342 g/mol. The van der Waals surface area contributed by atoms with E-state index in [1.165, 1.54) is 18.2 Å². The summed E-state index contributed by atoms with van der Waals surface area (Å²) < 4.78 is 14.4. The number of carbonyl (C=O) groups is 1. The van der Waals surface area contributed by atoms with Gasteiger partial charge in [0.1, 0.15) is 4.60 Å². The first-order valence-electron chi connectivity index (χ1n) is 5.37. The molecule has 0 unspecified atom stereocenters. The van der Waals surface area contributed by atoms with Crippen LogP contribution in [0.2, 0.25) is 5.02 Å². The third kappa shape index (κ3) is 3.11. The average molecular weight is 344 g/mol. The summed E-state index contributed by atoms with van der Waals surface area (Å²) in [5.74, 6) is -1.29. The van der Waals surface area contributed by atoms with Crippen molar-refractivity contribution in [2.75, 3.05) is 5.32 Å². The van der Waals surface area contributed by atoms with Gasteiger partial charge in [-0.3, -0.25) is 4.79 Å². The first-order valence-corrected chi connectivity index (χ1v) is 6.54. The van der Waals surface area contributed by atoms with E-state index in [2.05, 4.69) is 26.2 Å². The summed E-state index contributed by atoms with van der Waals surface area (Å²) in [7, 11) is 0. The zero-order chi connectivity index (χ0) is 14.0. The number of benzene rings is 1. The molecule has 0 bridgehead atoms. The molecule has 3 nitrogen and oxygen atoms in total. The fraction of sp³-hybridized carbons (Fsp3) is 0.0769. The van der Waals surface area contributed by atoms with Gasteiger partial charge in [-0.05, 0) is 47.1 Å². The van der Waals surface area contributed by atoms with E-state index in [0.29, 0.717) is 16.0 Å². The lowest BCUT2D eigenvalue weighted by Crippen LogP contribution is -2.15. The molecular formula is C13H9BrClFN2O. The molecule has 1 N–H and O–H groups in total. The molecule has 0 radical (unpaired) electrons. The predicted octanol–water partition coefficient (Wildman–Crippen LogP) is 4.20. The fourth-order valence-electron chi connectivity index (χ4n) is 1.53. The highest BCUT2D eigenvalue weighted by Gasteiger charge is 2.15. The zero-order valence-corrected chi connectivity index (χ0v) is 12.2. The lowest BCUT2D eigenvalue weighted by molar-refractivity contribution is 0.102. The maximum absolute atomic E-state index is 13.7. The minimum absolute atomic E-state index is 0.0849. The predicted molar refractivity (Wildman–Crippen MR) is 76.0 cm³/mol. The van der Waals surface area contributed by atoms with Crippen molar-refractivity contribution in [1.82, 2.24) is 4.98 Å². The minimum Gasteiger partial charge on any atom is -0.320 e. The van der Waals surface area contributed by atoms with Crippen molar-refractivity contribution in [3.05, 3.63) is 57.0 Å². The molecule has 6 heteroatoms. The van der Waals surface area contributed by atoms with Gasteiger partial charge >= 0.3 is 0 Å². The Balaban J connectivity index is 2.28. The standard InChI is InChI=1S/C13H9BrClFN2O/c1-7-10(5-6-11(14)17-7)18-13(19)8-3-2-4-9(15)12(8)16/h2-6H,1H3,(H,18,19). The Morgan fingerprint density at radius 1 is 1.37 bits per heavy atom. The van der Waals surface area contributed by atoms with E-state index in [-0.39, 0.29) is 10.6 Å². The maximum Gasteiger partial charge on any atom is 0.258 e. The lowest BCUT2D eigenvalue weighted by Gasteiger charge is -2.09. The van der Waals surface area contributed by atoms with Crippen LogP contribution >= 0.6 is 27.5 Å². The average Bonchev–Trinajstić information content (AvgIpc) is 2.36. The van der Waals surface area contributed by atoms with Crippen molar-refractivity contribution < 1.29 is 9.18 Å². The van der Waals surface area contributed by atoms with Crippen LogP contribution in [0.15, 0.2) is 34.9 Å². The Bertz CT molecular complexity index is 649. The van der Waals surface area contributed by atoms with Gasteiger partial charge in [0.15, 0.2) is 5.82 Å². The lowest BCUT2D eigenvalue weighted by atomic mass is 10.2. The first kappa shape index (κ1) is 14.0. The van der Waals surface area contributed by atoms with Gasteiger partial charge in [0.2, 0.25) is 0 Å². The van der Waals surface area contributed by atoms with Gasteiger partial charge < -0.3 is 5.32 Å². The Hall–Kier alpha value is -1.46. The van der Waals surface area contributed by atoms with Crippen LogP contribution in [0, 0.1) is 12.7 Å². The minimum atomic E-state index is -0.732. The molecule has 98 valence electrons. The molecule has 19 heavy (non-hydrogen) atoms. The molecule has 1 amide bonds. The van der Waals surface area contributed by atoms with E-state index in [9.17, 15) is 9.18 Å². The van der Waals surface area contributed by atoms with Crippen LogP contribution in [0.25, 0.3) is 0 Å². The van der Waals surface area contributed by atoms with Gasteiger partial charge in [-0.15, -0.1) is 0 Å². The van der Waals surface area contributed by atoms with E-state index in [4.69, 9.17) is 11.6 Å². The highest BCUT2D eigenvalue weighted by molar-refractivity contribution is 9.10. The van der Waals surface area contributed by atoms with Crippen LogP contribution in [-0.4, -0.2) is 10.9 Å². The highest BCUT2D eigenvalue weighted by atomic mass is 79.9. The number of nitrogens with zero attached hydrogens (tertiary/aromatic N) is 1. The number of hydrogen-bond acceptors (Lipinski definition) is 2. The van der Waals surface area contributed by atoms with Crippen LogP contribution in [0.4, 0.5) is 10.1 Å². The Morgan fingerprint density at radius 2 is 2.11 bits per heavy atom. The van der Waals surface area contributed by atoms with E-state index in [0.717, 1.165) is 0 Å². The topological polar surface area (TPSA) is 42.0 Å². The molecular weight excluding hydrogens is 335 g/mol. The number of aromatic nitrogens is 1. The molecule has 2 rings (SSSR count). The van der Waals surface area contributed by atoms with E-state index >= 15 is 0 Å². The second kappa shape index (κ2) is 5.67. The summed E-state index contributed by atoms with van der Waals surface area (Å²) in [5, 5.41) is 2.52. The molecule has 1 aromatic heterocycles. The van der Waals surface area contributed by atoms with Gasteiger partial charge in [-0.1, -0.05) is 17.7 Å². The molecule has 1 heterocycles. The van der Waals surface area contributed by atoms with E-state index < -0.39 is 11.7 Å². The molecule has 0 aliphatic heterocycles. The normalized spacial score (nSPS) is 10.3. The highest BCUT2D eigenvalue weighted by Crippen LogP contribution is 2.21. The van der Waals surface area contributed by atoms with Gasteiger partial charge in [0.05, 0.1) is 22.0 Å².